The van der Waals surface area contributed by atoms with Crippen molar-refractivity contribution in [1.29, 1.82) is 0 Å². The van der Waals surface area contributed by atoms with Crippen LogP contribution in [0.25, 0.3) is 0 Å². The Balaban J connectivity index is 0.000000896. The number of carbonyl (C=O) groups is 1. The summed E-state index contributed by atoms with van der Waals surface area (Å²) in [5, 5.41) is 3.31. The normalized spacial score (nSPS) is 11.9. The van der Waals surface area contributed by atoms with Crippen molar-refractivity contribution in [3.05, 3.63) is 64.2 Å². The molecule has 1 rings (SSSR count). The van der Waals surface area contributed by atoms with E-state index in [1.165, 1.54) is 37.3 Å². The van der Waals surface area contributed by atoms with Crippen molar-refractivity contribution in [2.45, 2.75) is 59.8 Å². The Bertz CT molecular complexity index is 614. The lowest BCUT2D eigenvalue weighted by atomic mass is 10.1. The Morgan fingerprint density at radius 3 is 2.31 bits per heavy atom. The molecule has 26 heavy (non-hydrogen) atoms. The van der Waals surface area contributed by atoms with Gasteiger partial charge in [-0.2, -0.15) is 0 Å². The molecule has 0 saturated carbocycles. The van der Waals surface area contributed by atoms with Gasteiger partial charge in [-0.1, -0.05) is 87.9 Å². The highest BCUT2D eigenvalue weighted by Gasteiger charge is 2.07. The van der Waals surface area contributed by atoms with Crippen LogP contribution in [0, 0.1) is 0 Å². The number of amides is 1. The van der Waals surface area contributed by atoms with E-state index in [1.54, 1.807) is 19.1 Å². The van der Waals surface area contributed by atoms with Gasteiger partial charge in [0.1, 0.15) is 0 Å². The van der Waals surface area contributed by atoms with E-state index in [-0.39, 0.29) is 5.91 Å². The van der Waals surface area contributed by atoms with E-state index in [1.807, 2.05) is 24.3 Å². The third-order valence-electron chi connectivity index (χ3n) is 3.62. The summed E-state index contributed by atoms with van der Waals surface area (Å²) >= 11 is 11.5. The molecule has 1 aromatic carbocycles. The van der Waals surface area contributed by atoms with Gasteiger partial charge >= 0.3 is 0 Å². The summed E-state index contributed by atoms with van der Waals surface area (Å²) in [5.74, 6) is -0.254. The van der Waals surface area contributed by atoms with E-state index in [4.69, 9.17) is 23.2 Å². The van der Waals surface area contributed by atoms with Crippen LogP contribution >= 0.6 is 23.2 Å². The molecule has 1 amide bonds. The minimum atomic E-state index is -0.254. The van der Waals surface area contributed by atoms with Gasteiger partial charge < -0.3 is 5.32 Å². The van der Waals surface area contributed by atoms with E-state index in [2.05, 4.69) is 26.1 Å². The fraction of sp³-hybridized carbons (Fsp3) is 0.409. The average Bonchev–Trinajstić information content (AvgIpc) is 2.66. The van der Waals surface area contributed by atoms with Crippen LogP contribution in [0.3, 0.4) is 0 Å². The largest absolute Gasteiger partial charge is 0.322 e. The zero-order valence-electron chi connectivity index (χ0n) is 16.3. The van der Waals surface area contributed by atoms with Gasteiger partial charge in [0.15, 0.2) is 0 Å². The van der Waals surface area contributed by atoms with E-state index >= 15 is 0 Å². The summed E-state index contributed by atoms with van der Waals surface area (Å²) in [6.07, 6.45) is 11.2. The maximum absolute atomic E-state index is 12.2. The highest BCUT2D eigenvalue weighted by Crippen LogP contribution is 2.15. The molecule has 0 aliphatic heterocycles. The zero-order chi connectivity index (χ0) is 19.8. The van der Waals surface area contributed by atoms with Crippen molar-refractivity contribution in [3.8, 4) is 0 Å². The number of unbranched alkanes of at least 4 members (excludes halogenated alkanes) is 3. The van der Waals surface area contributed by atoms with Gasteiger partial charge in [0.25, 0.3) is 5.91 Å². The molecule has 0 aliphatic rings. The molecule has 0 atom stereocenters. The first-order chi connectivity index (χ1) is 12.5. The molecule has 4 heteroatoms. The number of anilines is 1. The lowest BCUT2D eigenvalue weighted by Crippen LogP contribution is -2.13. The van der Waals surface area contributed by atoms with Crippen LogP contribution in [-0.4, -0.2) is 5.91 Å². The SMILES string of the molecule is CCCCCC.C\C=C(Cl)/C=C(\C=C\Cl)C(=O)Nc1cccc(CC)c1. The minimum absolute atomic E-state index is 0.254. The highest BCUT2D eigenvalue weighted by atomic mass is 35.5. The van der Waals surface area contributed by atoms with E-state index in [0.29, 0.717) is 10.6 Å². The molecule has 0 unspecified atom stereocenters. The summed E-state index contributed by atoms with van der Waals surface area (Å²) in [6.45, 7) is 8.32. The molecular formula is C22H31Cl2NO. The summed E-state index contributed by atoms with van der Waals surface area (Å²) < 4.78 is 0. The fourth-order valence-corrected chi connectivity index (χ4v) is 2.31. The van der Waals surface area contributed by atoms with Crippen LogP contribution in [0.2, 0.25) is 0 Å². The van der Waals surface area contributed by atoms with Crippen LogP contribution in [0.15, 0.2) is 58.6 Å². The third-order valence-corrected chi connectivity index (χ3v) is 4.08. The Morgan fingerprint density at radius 1 is 1.15 bits per heavy atom. The van der Waals surface area contributed by atoms with Gasteiger partial charge in [-0.15, -0.1) is 0 Å². The Kier molecular flexibility index (Phi) is 14.8. The molecule has 2 nitrogen and oxygen atoms in total. The zero-order valence-corrected chi connectivity index (χ0v) is 17.8. The monoisotopic (exact) mass is 395 g/mol. The molecule has 0 aliphatic carbocycles. The number of aryl methyl sites for hydroxylation is 1. The predicted octanol–water partition coefficient (Wildman–Crippen LogP) is 7.60. The van der Waals surface area contributed by atoms with Crippen LogP contribution in [0.5, 0.6) is 0 Å². The van der Waals surface area contributed by atoms with Crippen molar-refractivity contribution >= 4 is 34.8 Å². The molecule has 0 spiro atoms. The van der Waals surface area contributed by atoms with Crippen molar-refractivity contribution in [1.82, 2.24) is 0 Å². The molecule has 0 bridgehead atoms. The Labute approximate surface area is 169 Å². The molecule has 0 radical (unpaired) electrons. The molecule has 0 heterocycles. The second-order valence-corrected chi connectivity index (χ2v) is 6.47. The molecular weight excluding hydrogens is 365 g/mol. The maximum Gasteiger partial charge on any atom is 0.255 e. The predicted molar refractivity (Wildman–Crippen MR) is 117 cm³/mol. The van der Waals surface area contributed by atoms with Gasteiger partial charge in [0, 0.05) is 21.8 Å². The number of rotatable bonds is 8. The maximum atomic E-state index is 12.2. The van der Waals surface area contributed by atoms with Gasteiger partial charge in [-0.05, 0) is 43.2 Å². The summed E-state index contributed by atoms with van der Waals surface area (Å²) in [5.41, 5.74) is 3.59. The smallest absolute Gasteiger partial charge is 0.255 e. The summed E-state index contributed by atoms with van der Waals surface area (Å²) in [7, 11) is 0. The third kappa shape index (κ3) is 11.2. The first kappa shape index (κ1) is 24.5. The molecule has 144 valence electrons. The molecule has 0 fully saturated rings. The van der Waals surface area contributed by atoms with E-state index < -0.39 is 0 Å². The highest BCUT2D eigenvalue weighted by molar-refractivity contribution is 6.31. The van der Waals surface area contributed by atoms with Crippen molar-refractivity contribution < 1.29 is 4.79 Å². The number of carbonyl (C=O) groups excluding carboxylic acids is 1. The van der Waals surface area contributed by atoms with Gasteiger partial charge in [0.2, 0.25) is 0 Å². The number of benzene rings is 1. The van der Waals surface area contributed by atoms with Crippen molar-refractivity contribution in [2.75, 3.05) is 5.32 Å². The van der Waals surface area contributed by atoms with Crippen LogP contribution in [0.4, 0.5) is 5.69 Å². The van der Waals surface area contributed by atoms with E-state index in [9.17, 15) is 4.79 Å². The quantitative estimate of drug-likeness (QED) is 0.274. The summed E-state index contributed by atoms with van der Waals surface area (Å²) in [4.78, 5) is 12.2. The Morgan fingerprint density at radius 2 is 1.81 bits per heavy atom. The molecule has 1 aromatic rings. The number of hydrogen-bond acceptors (Lipinski definition) is 1. The van der Waals surface area contributed by atoms with Gasteiger partial charge in [0.05, 0.1) is 0 Å². The summed E-state index contributed by atoms with van der Waals surface area (Å²) in [6, 6.07) is 7.71. The number of allylic oxidation sites excluding steroid dienone is 3. The van der Waals surface area contributed by atoms with E-state index in [0.717, 1.165) is 17.7 Å². The first-order valence-electron chi connectivity index (χ1n) is 9.22. The standard InChI is InChI=1S/C16H17Cl2NO.C6H14/c1-3-12-6-5-7-15(10-12)19-16(20)13(8-9-17)11-14(18)4-2;1-3-5-6-4-2/h4-11H,3H2,1-2H3,(H,19,20);3-6H2,1-2H3/b9-8+,13-11+,14-4+;. The van der Waals surface area contributed by atoms with Crippen molar-refractivity contribution in [2.24, 2.45) is 0 Å². The van der Waals surface area contributed by atoms with Crippen LogP contribution in [0.1, 0.15) is 58.9 Å². The second-order valence-electron chi connectivity index (χ2n) is 5.78. The Hall–Kier alpha value is -1.51. The number of halogens is 2. The molecule has 0 aromatic heterocycles. The average molecular weight is 396 g/mol. The molecule has 0 saturated heterocycles. The second kappa shape index (κ2) is 15.7. The lowest BCUT2D eigenvalue weighted by molar-refractivity contribution is -0.112. The fourth-order valence-electron chi connectivity index (χ4n) is 2.06. The minimum Gasteiger partial charge on any atom is -0.322 e. The van der Waals surface area contributed by atoms with Crippen molar-refractivity contribution in [3.63, 3.8) is 0 Å². The topological polar surface area (TPSA) is 29.1 Å². The van der Waals surface area contributed by atoms with Gasteiger partial charge in [-0.25, -0.2) is 0 Å². The first-order valence-corrected chi connectivity index (χ1v) is 10.0. The van der Waals surface area contributed by atoms with Crippen LogP contribution < -0.4 is 5.32 Å². The lowest BCUT2D eigenvalue weighted by Gasteiger charge is -2.07. The van der Waals surface area contributed by atoms with Crippen LogP contribution in [-0.2, 0) is 11.2 Å². The molecule has 1 N–H and O–H groups in total. The number of nitrogens with one attached hydrogen (secondary N) is 1. The number of hydrogen-bond donors (Lipinski definition) is 1. The van der Waals surface area contributed by atoms with Gasteiger partial charge in [-0.3, -0.25) is 4.79 Å².